The summed E-state index contributed by atoms with van der Waals surface area (Å²) in [7, 11) is -1.58. The summed E-state index contributed by atoms with van der Waals surface area (Å²) in [5.41, 5.74) is 1.98. The molecule has 0 aliphatic carbocycles. The molecule has 21 heavy (non-hydrogen) atoms. The standard InChI is InChI=1S/C15H26N2O2S2/c1-4-8-16-12-14-6-5-7-15(11-14)13-21(18,19)17(2)9-10-20-3/h5-7,11,16H,4,8-10,12-13H2,1-3H3. The Kier molecular flexibility index (Phi) is 8.33. The lowest BCUT2D eigenvalue weighted by atomic mass is 10.1. The van der Waals surface area contributed by atoms with Gasteiger partial charge in [-0.15, -0.1) is 0 Å². The van der Waals surface area contributed by atoms with Crippen LogP contribution in [0.3, 0.4) is 0 Å². The van der Waals surface area contributed by atoms with Crippen LogP contribution in [0.2, 0.25) is 0 Å². The van der Waals surface area contributed by atoms with E-state index < -0.39 is 10.0 Å². The topological polar surface area (TPSA) is 49.4 Å². The molecule has 1 rings (SSSR count). The summed E-state index contributed by atoms with van der Waals surface area (Å²) in [4.78, 5) is 0. The molecule has 0 heterocycles. The first kappa shape index (κ1) is 18.5. The largest absolute Gasteiger partial charge is 0.313 e. The Labute approximate surface area is 133 Å². The smallest absolute Gasteiger partial charge is 0.218 e. The summed E-state index contributed by atoms with van der Waals surface area (Å²) in [6, 6.07) is 7.80. The van der Waals surface area contributed by atoms with Gasteiger partial charge in [-0.05, 0) is 30.3 Å². The van der Waals surface area contributed by atoms with E-state index in [0.717, 1.165) is 36.4 Å². The van der Waals surface area contributed by atoms with Crippen LogP contribution in [0.25, 0.3) is 0 Å². The van der Waals surface area contributed by atoms with Crippen LogP contribution in [0.15, 0.2) is 24.3 Å². The molecule has 0 saturated carbocycles. The number of thioether (sulfide) groups is 1. The van der Waals surface area contributed by atoms with Gasteiger partial charge in [0.15, 0.2) is 0 Å². The van der Waals surface area contributed by atoms with Gasteiger partial charge in [0.25, 0.3) is 0 Å². The fourth-order valence-electron chi connectivity index (χ4n) is 1.92. The molecule has 4 nitrogen and oxygen atoms in total. The predicted octanol–water partition coefficient (Wildman–Crippen LogP) is 2.31. The minimum Gasteiger partial charge on any atom is -0.313 e. The molecule has 0 spiro atoms. The highest BCUT2D eigenvalue weighted by Gasteiger charge is 2.18. The first-order valence-electron chi connectivity index (χ1n) is 7.21. The molecule has 0 aliphatic rings. The molecule has 0 amide bonds. The minimum atomic E-state index is -3.23. The van der Waals surface area contributed by atoms with Gasteiger partial charge in [-0.3, -0.25) is 0 Å². The number of sulfonamides is 1. The average molecular weight is 331 g/mol. The van der Waals surface area contributed by atoms with Gasteiger partial charge in [-0.2, -0.15) is 11.8 Å². The molecule has 1 aromatic carbocycles. The Balaban J connectivity index is 2.66. The van der Waals surface area contributed by atoms with E-state index in [-0.39, 0.29) is 5.75 Å². The minimum absolute atomic E-state index is 0.0689. The lowest BCUT2D eigenvalue weighted by Crippen LogP contribution is -2.30. The fourth-order valence-corrected chi connectivity index (χ4v) is 3.68. The molecule has 0 atom stereocenters. The summed E-state index contributed by atoms with van der Waals surface area (Å²) in [6.45, 7) is 4.44. The quantitative estimate of drug-likeness (QED) is 0.669. The van der Waals surface area contributed by atoms with E-state index in [1.165, 1.54) is 4.31 Å². The van der Waals surface area contributed by atoms with Crippen LogP contribution in [-0.2, 0) is 22.3 Å². The summed E-state index contributed by atoms with van der Waals surface area (Å²) in [5.74, 6) is 0.885. The SMILES string of the molecule is CCCNCc1cccc(CS(=O)(=O)N(C)CCSC)c1. The number of hydrogen-bond donors (Lipinski definition) is 1. The van der Waals surface area contributed by atoms with Crippen molar-refractivity contribution < 1.29 is 8.42 Å². The van der Waals surface area contributed by atoms with Crippen LogP contribution in [0.5, 0.6) is 0 Å². The van der Waals surface area contributed by atoms with Crippen molar-refractivity contribution in [2.75, 3.05) is 32.1 Å². The van der Waals surface area contributed by atoms with Crippen molar-refractivity contribution in [3.8, 4) is 0 Å². The number of rotatable bonds is 10. The lowest BCUT2D eigenvalue weighted by Gasteiger charge is -2.17. The van der Waals surface area contributed by atoms with E-state index in [1.807, 2.05) is 30.5 Å². The Hall–Kier alpha value is -0.560. The van der Waals surface area contributed by atoms with Crippen LogP contribution in [0, 0.1) is 0 Å². The summed E-state index contributed by atoms with van der Waals surface area (Å²) >= 11 is 1.65. The Bertz CT molecular complexity index is 518. The Morgan fingerprint density at radius 2 is 2.00 bits per heavy atom. The van der Waals surface area contributed by atoms with Gasteiger partial charge in [0, 0.05) is 25.9 Å². The fraction of sp³-hybridized carbons (Fsp3) is 0.600. The van der Waals surface area contributed by atoms with Gasteiger partial charge < -0.3 is 5.32 Å². The van der Waals surface area contributed by atoms with Gasteiger partial charge in [-0.1, -0.05) is 31.2 Å². The third-order valence-electron chi connectivity index (χ3n) is 3.18. The number of hydrogen-bond acceptors (Lipinski definition) is 4. The van der Waals surface area contributed by atoms with Crippen LogP contribution < -0.4 is 5.32 Å². The maximum atomic E-state index is 12.3. The Morgan fingerprint density at radius 1 is 1.29 bits per heavy atom. The molecular formula is C15H26N2O2S2. The van der Waals surface area contributed by atoms with Crippen molar-refractivity contribution in [3.63, 3.8) is 0 Å². The highest BCUT2D eigenvalue weighted by molar-refractivity contribution is 7.98. The van der Waals surface area contributed by atoms with E-state index in [0.29, 0.717) is 6.54 Å². The van der Waals surface area contributed by atoms with E-state index in [4.69, 9.17) is 0 Å². The first-order chi connectivity index (χ1) is 9.99. The monoisotopic (exact) mass is 330 g/mol. The number of nitrogens with one attached hydrogen (secondary N) is 1. The molecule has 0 saturated heterocycles. The molecule has 0 radical (unpaired) electrons. The second-order valence-electron chi connectivity index (χ2n) is 5.07. The maximum Gasteiger partial charge on any atom is 0.218 e. The van der Waals surface area contributed by atoms with Crippen molar-refractivity contribution in [1.82, 2.24) is 9.62 Å². The maximum absolute atomic E-state index is 12.3. The summed E-state index contributed by atoms with van der Waals surface area (Å²) in [6.07, 6.45) is 3.07. The zero-order valence-electron chi connectivity index (χ0n) is 13.1. The number of benzene rings is 1. The molecule has 120 valence electrons. The van der Waals surface area contributed by atoms with Crippen LogP contribution >= 0.6 is 11.8 Å². The Morgan fingerprint density at radius 3 is 2.67 bits per heavy atom. The van der Waals surface area contributed by atoms with Gasteiger partial charge in [0.05, 0.1) is 5.75 Å². The zero-order chi connectivity index (χ0) is 15.7. The third-order valence-corrected chi connectivity index (χ3v) is 5.60. The normalized spacial score (nSPS) is 12.0. The second kappa shape index (κ2) is 9.46. The van der Waals surface area contributed by atoms with Crippen LogP contribution in [-0.4, -0.2) is 44.9 Å². The molecule has 0 bridgehead atoms. The first-order valence-corrected chi connectivity index (χ1v) is 10.2. The van der Waals surface area contributed by atoms with Gasteiger partial charge in [0.2, 0.25) is 10.0 Å². The lowest BCUT2D eigenvalue weighted by molar-refractivity contribution is 0.487. The molecule has 0 aliphatic heterocycles. The molecule has 6 heteroatoms. The second-order valence-corrected chi connectivity index (χ2v) is 8.13. The number of nitrogens with zero attached hydrogens (tertiary/aromatic N) is 1. The van der Waals surface area contributed by atoms with Crippen molar-refractivity contribution in [2.45, 2.75) is 25.6 Å². The van der Waals surface area contributed by atoms with E-state index in [2.05, 4.69) is 12.2 Å². The highest BCUT2D eigenvalue weighted by Crippen LogP contribution is 2.12. The van der Waals surface area contributed by atoms with Crippen molar-refractivity contribution in [3.05, 3.63) is 35.4 Å². The predicted molar refractivity (Wildman–Crippen MR) is 92.1 cm³/mol. The molecule has 0 fully saturated rings. The van der Waals surface area contributed by atoms with E-state index in [1.54, 1.807) is 18.8 Å². The van der Waals surface area contributed by atoms with Crippen LogP contribution in [0.4, 0.5) is 0 Å². The van der Waals surface area contributed by atoms with Gasteiger partial charge in [0.1, 0.15) is 0 Å². The molecule has 0 unspecified atom stereocenters. The molecular weight excluding hydrogens is 304 g/mol. The highest BCUT2D eigenvalue weighted by atomic mass is 32.2. The zero-order valence-corrected chi connectivity index (χ0v) is 14.8. The van der Waals surface area contributed by atoms with E-state index in [9.17, 15) is 8.42 Å². The summed E-state index contributed by atoms with van der Waals surface area (Å²) in [5, 5.41) is 3.33. The van der Waals surface area contributed by atoms with Crippen molar-refractivity contribution in [1.29, 1.82) is 0 Å². The summed E-state index contributed by atoms with van der Waals surface area (Å²) < 4.78 is 26.0. The average Bonchev–Trinajstić information content (AvgIpc) is 2.45. The molecule has 0 aromatic heterocycles. The van der Waals surface area contributed by atoms with Crippen molar-refractivity contribution in [2.24, 2.45) is 0 Å². The third kappa shape index (κ3) is 6.82. The molecule has 1 aromatic rings. The molecule has 1 N–H and O–H groups in total. The van der Waals surface area contributed by atoms with E-state index >= 15 is 0 Å². The van der Waals surface area contributed by atoms with Crippen molar-refractivity contribution >= 4 is 21.8 Å². The van der Waals surface area contributed by atoms with Crippen LogP contribution in [0.1, 0.15) is 24.5 Å². The van der Waals surface area contributed by atoms with Gasteiger partial charge in [-0.25, -0.2) is 12.7 Å². The van der Waals surface area contributed by atoms with Gasteiger partial charge >= 0.3 is 0 Å².